The SMILES string of the molecule is N#CC(Cc1ccccc1)=C1NC(=O)c2ccccc21. The number of amides is 1. The van der Waals surface area contributed by atoms with E-state index < -0.39 is 0 Å². The fourth-order valence-electron chi connectivity index (χ4n) is 2.37. The van der Waals surface area contributed by atoms with Crippen LogP contribution in [0, 0.1) is 11.3 Å². The van der Waals surface area contributed by atoms with E-state index in [2.05, 4.69) is 11.4 Å². The van der Waals surface area contributed by atoms with Crippen LogP contribution in [0.2, 0.25) is 0 Å². The number of hydrogen-bond donors (Lipinski definition) is 1. The van der Waals surface area contributed by atoms with Crippen molar-refractivity contribution in [1.82, 2.24) is 5.32 Å². The van der Waals surface area contributed by atoms with Crippen LogP contribution in [0.4, 0.5) is 0 Å². The van der Waals surface area contributed by atoms with E-state index in [4.69, 9.17) is 0 Å². The minimum Gasteiger partial charge on any atom is -0.320 e. The Balaban J connectivity index is 2.05. The molecule has 96 valence electrons. The molecular formula is C17H12N2O. The van der Waals surface area contributed by atoms with Gasteiger partial charge in [0.05, 0.1) is 17.3 Å². The van der Waals surface area contributed by atoms with Crippen molar-refractivity contribution in [2.24, 2.45) is 0 Å². The molecule has 3 heteroatoms. The molecule has 0 spiro atoms. The van der Waals surface area contributed by atoms with Crippen molar-refractivity contribution in [1.29, 1.82) is 5.26 Å². The van der Waals surface area contributed by atoms with Crippen LogP contribution in [0.5, 0.6) is 0 Å². The number of nitriles is 1. The Kier molecular flexibility index (Phi) is 3.06. The standard InChI is InChI=1S/C17H12N2O/c18-11-13(10-12-6-2-1-3-7-12)16-14-8-4-5-9-15(14)17(20)19-16/h1-9H,10H2,(H,19,20). The fraction of sp³-hybridized carbons (Fsp3) is 0.0588. The largest absolute Gasteiger partial charge is 0.320 e. The van der Waals surface area contributed by atoms with Crippen molar-refractivity contribution in [3.8, 4) is 6.07 Å². The average molecular weight is 260 g/mol. The van der Waals surface area contributed by atoms with Crippen LogP contribution in [0.25, 0.3) is 5.70 Å². The summed E-state index contributed by atoms with van der Waals surface area (Å²) in [5.74, 6) is -0.142. The highest BCUT2D eigenvalue weighted by Crippen LogP contribution is 2.27. The third-order valence-corrected chi connectivity index (χ3v) is 3.34. The van der Waals surface area contributed by atoms with Gasteiger partial charge in [-0.2, -0.15) is 5.26 Å². The predicted molar refractivity (Wildman–Crippen MR) is 76.6 cm³/mol. The van der Waals surface area contributed by atoms with Crippen molar-refractivity contribution in [3.63, 3.8) is 0 Å². The third kappa shape index (κ3) is 2.08. The quantitative estimate of drug-likeness (QED) is 0.844. The molecule has 3 nitrogen and oxygen atoms in total. The Morgan fingerprint density at radius 2 is 1.65 bits per heavy atom. The molecular weight excluding hydrogens is 248 g/mol. The van der Waals surface area contributed by atoms with Gasteiger partial charge in [-0.05, 0) is 11.6 Å². The van der Waals surface area contributed by atoms with Crippen LogP contribution in [0.15, 0.2) is 60.2 Å². The molecule has 0 saturated carbocycles. The Labute approximate surface area is 117 Å². The number of nitrogens with zero attached hydrogens (tertiary/aromatic N) is 1. The molecule has 0 unspecified atom stereocenters. The number of nitrogens with one attached hydrogen (secondary N) is 1. The second kappa shape index (κ2) is 5.02. The minimum absolute atomic E-state index is 0.142. The first kappa shape index (κ1) is 12.2. The Morgan fingerprint density at radius 3 is 2.35 bits per heavy atom. The third-order valence-electron chi connectivity index (χ3n) is 3.34. The summed E-state index contributed by atoms with van der Waals surface area (Å²) in [5.41, 5.74) is 3.70. The highest BCUT2D eigenvalue weighted by molar-refractivity contribution is 6.10. The van der Waals surface area contributed by atoms with Gasteiger partial charge in [0.15, 0.2) is 0 Å². The number of allylic oxidation sites excluding steroid dienone is 1. The lowest BCUT2D eigenvalue weighted by atomic mass is 10.00. The van der Waals surface area contributed by atoms with Gasteiger partial charge in [0.25, 0.3) is 5.91 Å². The van der Waals surface area contributed by atoms with Gasteiger partial charge in [-0.25, -0.2) is 0 Å². The number of carbonyl (C=O) groups is 1. The van der Waals surface area contributed by atoms with E-state index in [0.29, 0.717) is 23.3 Å². The topological polar surface area (TPSA) is 52.9 Å². The van der Waals surface area contributed by atoms with Gasteiger partial charge in [0.1, 0.15) is 0 Å². The van der Waals surface area contributed by atoms with Crippen molar-refractivity contribution >= 4 is 11.6 Å². The van der Waals surface area contributed by atoms with Crippen LogP contribution in [-0.4, -0.2) is 5.91 Å². The van der Waals surface area contributed by atoms with Crippen LogP contribution >= 0.6 is 0 Å². The van der Waals surface area contributed by atoms with Crippen molar-refractivity contribution in [3.05, 3.63) is 76.9 Å². The minimum atomic E-state index is -0.142. The molecule has 0 atom stereocenters. The monoisotopic (exact) mass is 260 g/mol. The first-order valence-electron chi connectivity index (χ1n) is 6.37. The molecule has 0 aromatic heterocycles. The molecule has 1 aliphatic rings. The van der Waals surface area contributed by atoms with E-state index in [9.17, 15) is 10.1 Å². The van der Waals surface area contributed by atoms with E-state index in [0.717, 1.165) is 11.1 Å². The summed E-state index contributed by atoms with van der Waals surface area (Å²) < 4.78 is 0. The van der Waals surface area contributed by atoms with Crippen LogP contribution < -0.4 is 5.32 Å². The molecule has 0 saturated heterocycles. The molecule has 1 N–H and O–H groups in total. The van der Waals surface area contributed by atoms with Gasteiger partial charge in [0, 0.05) is 17.5 Å². The summed E-state index contributed by atoms with van der Waals surface area (Å²) in [6.45, 7) is 0. The van der Waals surface area contributed by atoms with Gasteiger partial charge < -0.3 is 5.32 Å². The summed E-state index contributed by atoms with van der Waals surface area (Å²) in [6, 6.07) is 19.3. The zero-order valence-corrected chi connectivity index (χ0v) is 10.8. The van der Waals surface area contributed by atoms with Gasteiger partial charge in [-0.1, -0.05) is 48.5 Å². The van der Waals surface area contributed by atoms with Gasteiger partial charge in [0.2, 0.25) is 0 Å². The molecule has 0 fully saturated rings. The zero-order valence-electron chi connectivity index (χ0n) is 10.8. The second-order valence-electron chi connectivity index (χ2n) is 4.63. The van der Waals surface area contributed by atoms with Gasteiger partial charge >= 0.3 is 0 Å². The highest BCUT2D eigenvalue weighted by atomic mass is 16.1. The molecule has 0 radical (unpaired) electrons. The molecule has 0 aliphatic carbocycles. The first-order chi connectivity index (χ1) is 9.79. The van der Waals surface area contributed by atoms with E-state index >= 15 is 0 Å². The molecule has 1 heterocycles. The molecule has 2 aromatic carbocycles. The molecule has 0 bridgehead atoms. The van der Waals surface area contributed by atoms with E-state index in [1.807, 2.05) is 48.5 Å². The number of benzene rings is 2. The number of carbonyl (C=O) groups excluding carboxylic acids is 1. The van der Waals surface area contributed by atoms with E-state index in [1.54, 1.807) is 6.07 Å². The maximum Gasteiger partial charge on any atom is 0.256 e. The molecule has 1 amide bonds. The summed E-state index contributed by atoms with van der Waals surface area (Å²) >= 11 is 0. The van der Waals surface area contributed by atoms with Crippen LogP contribution in [0.3, 0.4) is 0 Å². The van der Waals surface area contributed by atoms with Crippen LogP contribution in [0.1, 0.15) is 21.5 Å². The highest BCUT2D eigenvalue weighted by Gasteiger charge is 2.25. The van der Waals surface area contributed by atoms with E-state index in [-0.39, 0.29) is 5.91 Å². The zero-order chi connectivity index (χ0) is 13.9. The predicted octanol–water partition coefficient (Wildman–Crippen LogP) is 2.91. The van der Waals surface area contributed by atoms with Crippen molar-refractivity contribution in [2.75, 3.05) is 0 Å². The Bertz CT molecular complexity index is 739. The number of rotatable bonds is 2. The lowest BCUT2D eigenvalue weighted by Crippen LogP contribution is -2.14. The Hall–Kier alpha value is -2.86. The summed E-state index contributed by atoms with van der Waals surface area (Å²) in [4.78, 5) is 11.9. The Morgan fingerprint density at radius 1 is 1.00 bits per heavy atom. The van der Waals surface area contributed by atoms with E-state index in [1.165, 1.54) is 0 Å². The summed E-state index contributed by atoms with van der Waals surface area (Å²) in [7, 11) is 0. The molecule has 3 rings (SSSR count). The van der Waals surface area contributed by atoms with Gasteiger partial charge in [-0.3, -0.25) is 4.79 Å². The maximum absolute atomic E-state index is 11.9. The van der Waals surface area contributed by atoms with Gasteiger partial charge in [-0.15, -0.1) is 0 Å². The smallest absolute Gasteiger partial charge is 0.256 e. The van der Waals surface area contributed by atoms with Crippen molar-refractivity contribution < 1.29 is 4.79 Å². The lowest BCUT2D eigenvalue weighted by molar-refractivity contribution is 0.0981. The second-order valence-corrected chi connectivity index (χ2v) is 4.63. The normalized spacial score (nSPS) is 15.2. The number of fused-ring (bicyclic) bond motifs is 1. The first-order valence-corrected chi connectivity index (χ1v) is 6.37. The molecule has 1 aliphatic heterocycles. The summed E-state index contributed by atoms with van der Waals surface area (Å²) in [5, 5.41) is 12.2. The average Bonchev–Trinajstić information content (AvgIpc) is 2.84. The molecule has 2 aromatic rings. The number of hydrogen-bond acceptors (Lipinski definition) is 2. The summed E-state index contributed by atoms with van der Waals surface area (Å²) in [6.07, 6.45) is 0.515. The van der Waals surface area contributed by atoms with Crippen molar-refractivity contribution in [2.45, 2.75) is 6.42 Å². The fourth-order valence-corrected chi connectivity index (χ4v) is 2.37. The molecule has 20 heavy (non-hydrogen) atoms. The maximum atomic E-state index is 11.9. The lowest BCUT2D eigenvalue weighted by Gasteiger charge is -2.05. The van der Waals surface area contributed by atoms with Crippen LogP contribution in [-0.2, 0) is 6.42 Å².